The van der Waals surface area contributed by atoms with Crippen LogP contribution in [-0.4, -0.2) is 11.3 Å². The maximum Gasteiger partial charge on any atom is 0.150 e. The smallest absolute Gasteiger partial charge is 0.150 e. The Labute approximate surface area is 164 Å². The van der Waals surface area contributed by atoms with E-state index in [2.05, 4.69) is 4.98 Å². The van der Waals surface area contributed by atoms with Gasteiger partial charge in [-0.05, 0) is 23.3 Å². The van der Waals surface area contributed by atoms with Gasteiger partial charge in [-0.15, -0.1) is 0 Å². The molecule has 0 unspecified atom stereocenters. The summed E-state index contributed by atoms with van der Waals surface area (Å²) in [5.41, 5.74) is 5.45. The second-order valence-electron chi connectivity index (χ2n) is 6.44. The Hall–Kier alpha value is -3.72. The molecule has 4 rings (SSSR count). The number of aldehydes is 1. The summed E-state index contributed by atoms with van der Waals surface area (Å²) in [7, 11) is 0. The second kappa shape index (κ2) is 8.31. The number of carbonyl (C=O) groups excluding carboxylic acids is 1. The van der Waals surface area contributed by atoms with Crippen molar-refractivity contribution in [2.75, 3.05) is 0 Å². The highest BCUT2D eigenvalue weighted by atomic mass is 16.5. The lowest BCUT2D eigenvalue weighted by Gasteiger charge is -2.13. The zero-order chi connectivity index (χ0) is 19.2. The lowest BCUT2D eigenvalue weighted by Crippen LogP contribution is -1.97. The highest BCUT2D eigenvalue weighted by Crippen LogP contribution is 2.33. The van der Waals surface area contributed by atoms with Gasteiger partial charge in [0.1, 0.15) is 12.4 Å². The topological polar surface area (TPSA) is 39.2 Å². The molecule has 1 heterocycles. The average Bonchev–Trinajstić information content (AvgIpc) is 2.78. The molecule has 3 heteroatoms. The Morgan fingerprint density at radius 3 is 2.18 bits per heavy atom. The van der Waals surface area contributed by atoms with E-state index >= 15 is 0 Å². The maximum absolute atomic E-state index is 11.4. The summed E-state index contributed by atoms with van der Waals surface area (Å²) in [4.78, 5) is 15.8. The van der Waals surface area contributed by atoms with Crippen molar-refractivity contribution in [2.45, 2.75) is 6.61 Å². The summed E-state index contributed by atoms with van der Waals surface area (Å²) in [6.45, 7) is 0.499. The molecule has 0 aliphatic heterocycles. The highest BCUT2D eigenvalue weighted by molar-refractivity contribution is 5.88. The molecule has 0 amide bonds. The number of hydrogen-bond acceptors (Lipinski definition) is 3. The Bertz CT molecular complexity index is 1090. The normalized spacial score (nSPS) is 10.4. The third kappa shape index (κ3) is 3.84. The molecule has 0 N–H and O–H groups in total. The minimum absolute atomic E-state index is 0.499. The van der Waals surface area contributed by atoms with Crippen LogP contribution in [-0.2, 0) is 6.61 Å². The number of aromatic nitrogens is 1. The third-order valence-electron chi connectivity index (χ3n) is 4.57. The predicted molar refractivity (Wildman–Crippen MR) is 111 cm³/mol. The minimum atomic E-state index is 0.499. The molecule has 0 spiro atoms. The van der Waals surface area contributed by atoms with Crippen molar-refractivity contribution in [1.29, 1.82) is 0 Å². The van der Waals surface area contributed by atoms with Gasteiger partial charge in [0.05, 0.1) is 0 Å². The minimum Gasteiger partial charge on any atom is -0.488 e. The monoisotopic (exact) mass is 365 g/mol. The standard InChI is InChI=1S/C25H19NO2/c27-17-20-10-4-5-11-23(20)21-14-22(16-26-15-21)24-12-6-7-13-25(24)28-18-19-8-2-1-3-9-19/h1-17H,18H2. The number of carbonyl (C=O) groups is 1. The Morgan fingerprint density at radius 2 is 1.39 bits per heavy atom. The van der Waals surface area contributed by atoms with E-state index in [-0.39, 0.29) is 0 Å². The third-order valence-corrected chi connectivity index (χ3v) is 4.57. The van der Waals surface area contributed by atoms with Gasteiger partial charge in [-0.25, -0.2) is 0 Å². The first kappa shape index (κ1) is 17.7. The molecule has 1 aromatic heterocycles. The van der Waals surface area contributed by atoms with Gasteiger partial charge in [0.15, 0.2) is 6.29 Å². The molecule has 0 bridgehead atoms. The van der Waals surface area contributed by atoms with Gasteiger partial charge in [-0.3, -0.25) is 9.78 Å². The largest absolute Gasteiger partial charge is 0.488 e. The molecule has 28 heavy (non-hydrogen) atoms. The summed E-state index contributed by atoms with van der Waals surface area (Å²) in [6.07, 6.45) is 4.47. The Kier molecular flexibility index (Phi) is 5.25. The van der Waals surface area contributed by atoms with E-state index in [4.69, 9.17) is 4.74 Å². The maximum atomic E-state index is 11.4. The number of benzene rings is 3. The SMILES string of the molecule is O=Cc1ccccc1-c1cncc(-c2ccccc2OCc2ccccc2)c1. The van der Waals surface area contributed by atoms with Crippen molar-refractivity contribution < 1.29 is 9.53 Å². The summed E-state index contributed by atoms with van der Waals surface area (Å²) < 4.78 is 6.08. The summed E-state index contributed by atoms with van der Waals surface area (Å²) >= 11 is 0. The van der Waals surface area contributed by atoms with Crippen LogP contribution in [0.1, 0.15) is 15.9 Å². The molecule has 3 aromatic carbocycles. The van der Waals surface area contributed by atoms with Crippen LogP contribution < -0.4 is 4.74 Å². The van der Waals surface area contributed by atoms with E-state index in [9.17, 15) is 4.79 Å². The first-order valence-corrected chi connectivity index (χ1v) is 9.11. The predicted octanol–water partition coefficient (Wildman–Crippen LogP) is 5.81. The van der Waals surface area contributed by atoms with Crippen molar-refractivity contribution in [1.82, 2.24) is 4.98 Å². The van der Waals surface area contributed by atoms with E-state index in [0.717, 1.165) is 39.9 Å². The van der Waals surface area contributed by atoms with Crippen LogP contribution in [0.15, 0.2) is 97.3 Å². The van der Waals surface area contributed by atoms with E-state index in [1.165, 1.54) is 0 Å². The zero-order valence-electron chi connectivity index (χ0n) is 15.3. The average molecular weight is 365 g/mol. The van der Waals surface area contributed by atoms with Gasteiger partial charge in [-0.1, -0.05) is 72.8 Å². The molecule has 0 atom stereocenters. The van der Waals surface area contributed by atoms with E-state index < -0.39 is 0 Å². The van der Waals surface area contributed by atoms with Crippen LogP contribution in [0.3, 0.4) is 0 Å². The molecule has 0 radical (unpaired) electrons. The van der Waals surface area contributed by atoms with Gasteiger partial charge in [0.2, 0.25) is 0 Å². The van der Waals surface area contributed by atoms with Crippen molar-refractivity contribution in [3.05, 3.63) is 108 Å². The first-order chi connectivity index (χ1) is 13.8. The molecule has 4 aromatic rings. The van der Waals surface area contributed by atoms with Crippen LogP contribution in [0.4, 0.5) is 0 Å². The molecule has 0 aliphatic rings. The van der Waals surface area contributed by atoms with Crippen LogP contribution >= 0.6 is 0 Å². The molecule has 0 saturated heterocycles. The molecule has 0 aliphatic carbocycles. The number of pyridine rings is 1. The number of para-hydroxylation sites is 1. The van der Waals surface area contributed by atoms with Crippen molar-refractivity contribution in [3.8, 4) is 28.0 Å². The van der Waals surface area contributed by atoms with Crippen LogP contribution in [0.5, 0.6) is 5.75 Å². The highest BCUT2D eigenvalue weighted by Gasteiger charge is 2.10. The van der Waals surface area contributed by atoms with Gasteiger partial charge in [0, 0.05) is 34.6 Å². The fourth-order valence-corrected chi connectivity index (χ4v) is 3.16. The van der Waals surface area contributed by atoms with Gasteiger partial charge < -0.3 is 4.74 Å². The quantitative estimate of drug-likeness (QED) is 0.405. The number of hydrogen-bond donors (Lipinski definition) is 0. The molecule has 136 valence electrons. The Balaban J connectivity index is 1.67. The van der Waals surface area contributed by atoms with Crippen LogP contribution in [0, 0.1) is 0 Å². The summed E-state index contributed by atoms with van der Waals surface area (Å²) in [6, 6.07) is 27.6. The molecular weight excluding hydrogens is 346 g/mol. The number of rotatable bonds is 6. The van der Waals surface area contributed by atoms with Crippen molar-refractivity contribution in [3.63, 3.8) is 0 Å². The Morgan fingerprint density at radius 1 is 0.750 bits per heavy atom. The van der Waals surface area contributed by atoms with E-state index in [1.54, 1.807) is 6.20 Å². The zero-order valence-corrected chi connectivity index (χ0v) is 15.3. The lowest BCUT2D eigenvalue weighted by molar-refractivity contribution is 0.112. The second-order valence-corrected chi connectivity index (χ2v) is 6.44. The van der Waals surface area contributed by atoms with Gasteiger partial charge in [0.25, 0.3) is 0 Å². The summed E-state index contributed by atoms with van der Waals surface area (Å²) in [5.74, 6) is 0.800. The van der Waals surface area contributed by atoms with Crippen LogP contribution in [0.25, 0.3) is 22.3 Å². The first-order valence-electron chi connectivity index (χ1n) is 9.11. The van der Waals surface area contributed by atoms with Gasteiger partial charge in [-0.2, -0.15) is 0 Å². The molecule has 3 nitrogen and oxygen atoms in total. The van der Waals surface area contributed by atoms with E-state index in [1.807, 2.05) is 91.1 Å². The lowest BCUT2D eigenvalue weighted by atomic mass is 9.98. The number of ether oxygens (including phenoxy) is 1. The fraction of sp³-hybridized carbons (Fsp3) is 0.0400. The van der Waals surface area contributed by atoms with Crippen LogP contribution in [0.2, 0.25) is 0 Å². The number of nitrogens with zero attached hydrogens (tertiary/aromatic N) is 1. The van der Waals surface area contributed by atoms with Crippen molar-refractivity contribution >= 4 is 6.29 Å². The summed E-state index contributed by atoms with van der Waals surface area (Å²) in [5, 5.41) is 0. The van der Waals surface area contributed by atoms with E-state index in [0.29, 0.717) is 12.2 Å². The fourth-order valence-electron chi connectivity index (χ4n) is 3.16. The van der Waals surface area contributed by atoms with Gasteiger partial charge >= 0.3 is 0 Å². The molecule has 0 saturated carbocycles. The van der Waals surface area contributed by atoms with Crippen molar-refractivity contribution in [2.24, 2.45) is 0 Å². The molecular formula is C25H19NO2. The molecule has 0 fully saturated rings.